The number of hydrogen-bond donors (Lipinski definition) is 0. The second-order valence-electron chi connectivity index (χ2n) is 3.08. The Morgan fingerprint density at radius 1 is 1.18 bits per heavy atom. The molecule has 0 aliphatic carbocycles. The molecule has 0 radical (unpaired) electrons. The van der Waals surface area contributed by atoms with E-state index < -0.39 is 0 Å². The molecule has 0 nitrogen and oxygen atoms in total. The summed E-state index contributed by atoms with van der Waals surface area (Å²) < 4.78 is 0. The van der Waals surface area contributed by atoms with Gasteiger partial charge in [-0.05, 0) is 19.3 Å². The SMILES string of the molecule is C/C=C(/CC)C(C)C.CCC. The maximum absolute atomic E-state index is 2.23. The minimum Gasteiger partial charge on any atom is -0.0882 e. The van der Waals surface area contributed by atoms with E-state index in [2.05, 4.69) is 47.6 Å². The molecule has 0 fully saturated rings. The molecular weight excluding hydrogens is 132 g/mol. The molecule has 0 N–H and O–H groups in total. The molecule has 11 heavy (non-hydrogen) atoms. The van der Waals surface area contributed by atoms with Gasteiger partial charge < -0.3 is 0 Å². The molecule has 0 saturated carbocycles. The summed E-state index contributed by atoms with van der Waals surface area (Å²) >= 11 is 0. The normalized spacial score (nSPS) is 11.0. The van der Waals surface area contributed by atoms with Crippen LogP contribution in [0.15, 0.2) is 11.6 Å². The van der Waals surface area contributed by atoms with Gasteiger partial charge in [-0.3, -0.25) is 0 Å². The van der Waals surface area contributed by atoms with E-state index in [4.69, 9.17) is 0 Å². The minimum atomic E-state index is 0.741. The molecule has 0 heteroatoms. The van der Waals surface area contributed by atoms with E-state index in [1.54, 1.807) is 5.57 Å². The Kier molecular flexibility index (Phi) is 11.8. The van der Waals surface area contributed by atoms with E-state index in [9.17, 15) is 0 Å². The largest absolute Gasteiger partial charge is 0.0882 e. The Balaban J connectivity index is 0. The Morgan fingerprint density at radius 3 is 1.55 bits per heavy atom. The molecule has 0 unspecified atom stereocenters. The smallest absolute Gasteiger partial charge is 0.0260 e. The first-order valence-electron chi connectivity index (χ1n) is 4.78. The van der Waals surface area contributed by atoms with Crippen molar-refractivity contribution in [3.8, 4) is 0 Å². The van der Waals surface area contributed by atoms with Crippen molar-refractivity contribution < 1.29 is 0 Å². The van der Waals surface area contributed by atoms with Crippen LogP contribution in [0.25, 0.3) is 0 Å². The molecule has 0 aromatic rings. The van der Waals surface area contributed by atoms with Crippen LogP contribution in [0.1, 0.15) is 54.4 Å². The lowest BCUT2D eigenvalue weighted by Gasteiger charge is -2.05. The molecule has 68 valence electrons. The van der Waals surface area contributed by atoms with Crippen molar-refractivity contribution >= 4 is 0 Å². The Hall–Kier alpha value is -0.260. The molecule has 0 aliphatic rings. The van der Waals surface area contributed by atoms with Crippen LogP contribution < -0.4 is 0 Å². The van der Waals surface area contributed by atoms with Crippen molar-refractivity contribution in [3.63, 3.8) is 0 Å². The zero-order valence-electron chi connectivity index (χ0n) is 9.07. The highest BCUT2D eigenvalue weighted by atomic mass is 14.0. The van der Waals surface area contributed by atoms with Crippen molar-refractivity contribution in [1.82, 2.24) is 0 Å². The summed E-state index contributed by atoms with van der Waals surface area (Å²) in [6.07, 6.45) is 4.67. The van der Waals surface area contributed by atoms with Gasteiger partial charge >= 0.3 is 0 Å². The second kappa shape index (κ2) is 9.74. The number of hydrogen-bond acceptors (Lipinski definition) is 0. The Bertz CT molecular complexity index is 88.2. The molecule has 0 aromatic heterocycles. The second-order valence-corrected chi connectivity index (χ2v) is 3.08. The quantitative estimate of drug-likeness (QED) is 0.519. The van der Waals surface area contributed by atoms with Crippen molar-refractivity contribution in [2.75, 3.05) is 0 Å². The fourth-order valence-electron chi connectivity index (χ4n) is 0.946. The molecule has 0 saturated heterocycles. The average Bonchev–Trinajstić information content (AvgIpc) is 1.91. The lowest BCUT2D eigenvalue weighted by atomic mass is 10.0. The summed E-state index contributed by atoms with van der Waals surface area (Å²) in [4.78, 5) is 0. The molecule has 0 amide bonds. The summed E-state index contributed by atoms with van der Waals surface area (Å²) in [6, 6.07) is 0. The molecule has 0 aliphatic heterocycles. The predicted molar refractivity (Wildman–Crippen MR) is 54.9 cm³/mol. The molecule has 0 bridgehead atoms. The highest BCUT2D eigenvalue weighted by Gasteiger charge is 1.95. The lowest BCUT2D eigenvalue weighted by molar-refractivity contribution is 0.730. The van der Waals surface area contributed by atoms with E-state index in [-0.39, 0.29) is 0 Å². The first-order chi connectivity index (χ1) is 5.13. The van der Waals surface area contributed by atoms with Gasteiger partial charge in [0.15, 0.2) is 0 Å². The van der Waals surface area contributed by atoms with E-state index in [0.29, 0.717) is 0 Å². The first kappa shape index (κ1) is 13.3. The third kappa shape index (κ3) is 9.74. The van der Waals surface area contributed by atoms with E-state index in [1.165, 1.54) is 12.8 Å². The predicted octanol–water partition coefficient (Wildman–Crippen LogP) is 4.42. The van der Waals surface area contributed by atoms with Gasteiger partial charge in [0.2, 0.25) is 0 Å². The van der Waals surface area contributed by atoms with Crippen molar-refractivity contribution in [2.45, 2.75) is 54.4 Å². The van der Waals surface area contributed by atoms with Crippen LogP contribution in [-0.4, -0.2) is 0 Å². The standard InChI is InChI=1S/C8H16.C3H8/c1-5-8(6-2)7(3)4;1-3-2/h5,7H,6H2,1-4H3;3H2,1-2H3/b8-5-;. The lowest BCUT2D eigenvalue weighted by Crippen LogP contribution is -1.90. The minimum absolute atomic E-state index is 0.741. The highest BCUT2D eigenvalue weighted by Crippen LogP contribution is 2.11. The van der Waals surface area contributed by atoms with Gasteiger partial charge in [-0.1, -0.05) is 52.7 Å². The van der Waals surface area contributed by atoms with Crippen LogP contribution in [0.4, 0.5) is 0 Å². The van der Waals surface area contributed by atoms with Crippen LogP contribution in [0.5, 0.6) is 0 Å². The van der Waals surface area contributed by atoms with Crippen LogP contribution in [0.3, 0.4) is 0 Å². The summed E-state index contributed by atoms with van der Waals surface area (Å²) in [6.45, 7) is 13.0. The fraction of sp³-hybridized carbons (Fsp3) is 0.818. The van der Waals surface area contributed by atoms with Crippen LogP contribution >= 0.6 is 0 Å². The van der Waals surface area contributed by atoms with Crippen LogP contribution in [0, 0.1) is 5.92 Å². The monoisotopic (exact) mass is 156 g/mol. The third-order valence-electron chi connectivity index (χ3n) is 1.52. The van der Waals surface area contributed by atoms with Gasteiger partial charge in [0.05, 0.1) is 0 Å². The van der Waals surface area contributed by atoms with Gasteiger partial charge in [0.1, 0.15) is 0 Å². The molecule has 0 rings (SSSR count). The van der Waals surface area contributed by atoms with Crippen LogP contribution in [-0.2, 0) is 0 Å². The Morgan fingerprint density at radius 2 is 1.55 bits per heavy atom. The summed E-state index contributed by atoms with van der Waals surface area (Å²) in [5, 5.41) is 0. The van der Waals surface area contributed by atoms with Gasteiger partial charge in [0, 0.05) is 0 Å². The van der Waals surface area contributed by atoms with Crippen LogP contribution in [0.2, 0.25) is 0 Å². The molecule has 0 spiro atoms. The average molecular weight is 156 g/mol. The first-order valence-corrected chi connectivity index (χ1v) is 4.78. The van der Waals surface area contributed by atoms with Gasteiger partial charge in [-0.2, -0.15) is 0 Å². The highest BCUT2D eigenvalue weighted by molar-refractivity contribution is 5.01. The van der Waals surface area contributed by atoms with E-state index in [0.717, 1.165) is 5.92 Å². The van der Waals surface area contributed by atoms with Gasteiger partial charge in [0.25, 0.3) is 0 Å². The van der Waals surface area contributed by atoms with E-state index in [1.807, 2.05) is 0 Å². The molecule has 0 heterocycles. The summed E-state index contributed by atoms with van der Waals surface area (Å²) in [5.41, 5.74) is 1.56. The molecule has 0 atom stereocenters. The summed E-state index contributed by atoms with van der Waals surface area (Å²) in [5.74, 6) is 0.741. The topological polar surface area (TPSA) is 0 Å². The summed E-state index contributed by atoms with van der Waals surface area (Å²) in [7, 11) is 0. The van der Waals surface area contributed by atoms with E-state index >= 15 is 0 Å². The molecule has 0 aromatic carbocycles. The Labute approximate surface area is 72.7 Å². The maximum atomic E-state index is 2.23. The third-order valence-corrected chi connectivity index (χ3v) is 1.52. The fourth-order valence-corrected chi connectivity index (χ4v) is 0.946. The van der Waals surface area contributed by atoms with Gasteiger partial charge in [-0.15, -0.1) is 0 Å². The molecular formula is C11H24. The maximum Gasteiger partial charge on any atom is -0.0260 e. The van der Waals surface area contributed by atoms with Gasteiger partial charge in [-0.25, -0.2) is 0 Å². The van der Waals surface area contributed by atoms with Crippen molar-refractivity contribution in [2.24, 2.45) is 5.92 Å². The number of rotatable bonds is 2. The number of allylic oxidation sites excluding steroid dienone is 2. The zero-order chi connectivity index (χ0) is 9.28. The zero-order valence-corrected chi connectivity index (χ0v) is 9.07. The van der Waals surface area contributed by atoms with Crippen molar-refractivity contribution in [1.29, 1.82) is 0 Å². The van der Waals surface area contributed by atoms with Crippen molar-refractivity contribution in [3.05, 3.63) is 11.6 Å².